The van der Waals surface area contributed by atoms with E-state index in [-0.39, 0.29) is 11.7 Å². The molecule has 5 heteroatoms. The number of thiocarbonyl (C=S) groups is 1. The average Bonchev–Trinajstić information content (AvgIpc) is 2.79. The Morgan fingerprint density at radius 2 is 1.87 bits per heavy atom. The molecule has 2 aromatic carbocycles. The Bertz CT molecular complexity index is 799. The fraction of sp³-hybridized carbons (Fsp3) is 0.111. The van der Waals surface area contributed by atoms with Gasteiger partial charge in [0, 0.05) is 5.56 Å². The summed E-state index contributed by atoms with van der Waals surface area (Å²) in [5, 5.41) is 0. The van der Waals surface area contributed by atoms with Crippen molar-refractivity contribution in [2.24, 2.45) is 0 Å². The van der Waals surface area contributed by atoms with Crippen LogP contribution in [-0.4, -0.2) is 15.1 Å². The van der Waals surface area contributed by atoms with Gasteiger partial charge < -0.3 is 0 Å². The van der Waals surface area contributed by atoms with Crippen LogP contribution in [0.25, 0.3) is 6.08 Å². The molecule has 0 aliphatic carbocycles. The molecule has 1 aliphatic heterocycles. The summed E-state index contributed by atoms with van der Waals surface area (Å²) in [7, 11) is 0. The first-order chi connectivity index (χ1) is 11.0. The van der Waals surface area contributed by atoms with Crippen LogP contribution in [0.1, 0.15) is 16.7 Å². The lowest BCUT2D eigenvalue weighted by Crippen LogP contribution is -2.27. The molecule has 1 heterocycles. The maximum atomic E-state index is 13.7. The van der Waals surface area contributed by atoms with Gasteiger partial charge in [-0.15, -0.1) is 0 Å². The van der Waals surface area contributed by atoms with E-state index in [2.05, 4.69) is 0 Å². The Hall–Kier alpha value is -1.98. The number of thioether (sulfide) groups is 1. The van der Waals surface area contributed by atoms with Crippen LogP contribution in [-0.2, 0) is 11.3 Å². The second kappa shape index (κ2) is 6.64. The third kappa shape index (κ3) is 3.51. The number of carbonyl (C=O) groups excluding carboxylic acids is 1. The van der Waals surface area contributed by atoms with E-state index in [9.17, 15) is 9.18 Å². The predicted molar refractivity (Wildman–Crippen MR) is 96.3 cm³/mol. The fourth-order valence-electron chi connectivity index (χ4n) is 2.25. The minimum absolute atomic E-state index is 0.177. The van der Waals surface area contributed by atoms with Crippen LogP contribution >= 0.6 is 24.0 Å². The van der Waals surface area contributed by atoms with Gasteiger partial charge in [0.05, 0.1) is 11.4 Å². The maximum absolute atomic E-state index is 13.7. The molecule has 0 spiro atoms. The summed E-state index contributed by atoms with van der Waals surface area (Å²) in [6.07, 6.45) is 1.56. The summed E-state index contributed by atoms with van der Waals surface area (Å²) >= 11 is 6.51. The number of nitrogens with zero attached hydrogens (tertiary/aromatic N) is 1. The second-order valence-electron chi connectivity index (χ2n) is 5.27. The number of halogens is 1. The highest BCUT2D eigenvalue weighted by molar-refractivity contribution is 8.26. The Labute approximate surface area is 144 Å². The first-order valence-corrected chi connectivity index (χ1v) is 8.32. The molecule has 2 nitrogen and oxygen atoms in total. The van der Waals surface area contributed by atoms with Crippen LogP contribution in [0, 0.1) is 12.7 Å². The Morgan fingerprint density at radius 1 is 1.17 bits per heavy atom. The molecule has 0 atom stereocenters. The number of carbonyl (C=O) groups is 1. The molecule has 1 aliphatic rings. The van der Waals surface area contributed by atoms with Gasteiger partial charge in [-0.3, -0.25) is 9.69 Å². The fourth-order valence-corrected chi connectivity index (χ4v) is 3.49. The van der Waals surface area contributed by atoms with E-state index in [0.717, 1.165) is 5.56 Å². The lowest BCUT2D eigenvalue weighted by molar-refractivity contribution is -0.122. The summed E-state index contributed by atoms with van der Waals surface area (Å²) in [6, 6.07) is 14.3. The summed E-state index contributed by atoms with van der Waals surface area (Å²) in [4.78, 5) is 14.5. The van der Waals surface area contributed by atoms with E-state index in [1.807, 2.05) is 31.2 Å². The van der Waals surface area contributed by atoms with Crippen molar-refractivity contribution in [3.63, 3.8) is 0 Å². The molecule has 3 rings (SSSR count). The molecule has 0 saturated carbocycles. The van der Waals surface area contributed by atoms with Crippen LogP contribution in [0.15, 0.2) is 53.4 Å². The van der Waals surface area contributed by atoms with Gasteiger partial charge in [0.1, 0.15) is 10.1 Å². The van der Waals surface area contributed by atoms with Crippen LogP contribution < -0.4 is 0 Å². The normalized spacial score (nSPS) is 16.4. The van der Waals surface area contributed by atoms with Crippen molar-refractivity contribution in [2.75, 3.05) is 0 Å². The third-order valence-electron chi connectivity index (χ3n) is 3.53. The molecule has 1 saturated heterocycles. The minimum Gasteiger partial charge on any atom is -0.288 e. The van der Waals surface area contributed by atoms with Crippen LogP contribution in [0.4, 0.5) is 4.39 Å². The first kappa shape index (κ1) is 15.9. The Balaban J connectivity index is 1.82. The molecule has 23 heavy (non-hydrogen) atoms. The zero-order valence-electron chi connectivity index (χ0n) is 12.5. The topological polar surface area (TPSA) is 20.3 Å². The Morgan fingerprint density at radius 3 is 2.57 bits per heavy atom. The lowest BCUT2D eigenvalue weighted by atomic mass is 10.1. The molecule has 1 amide bonds. The smallest absolute Gasteiger partial charge is 0.266 e. The number of amides is 1. The van der Waals surface area contributed by atoms with E-state index < -0.39 is 0 Å². The van der Waals surface area contributed by atoms with Crippen molar-refractivity contribution in [3.8, 4) is 0 Å². The van der Waals surface area contributed by atoms with Crippen LogP contribution in [0.5, 0.6) is 0 Å². The van der Waals surface area contributed by atoms with Crippen molar-refractivity contribution in [1.82, 2.24) is 4.90 Å². The predicted octanol–water partition coefficient (Wildman–Crippen LogP) is 4.54. The molecule has 0 aromatic heterocycles. The molecular formula is C18H14FNOS2. The zero-order chi connectivity index (χ0) is 16.4. The largest absolute Gasteiger partial charge is 0.288 e. The molecule has 0 N–H and O–H groups in total. The maximum Gasteiger partial charge on any atom is 0.266 e. The highest BCUT2D eigenvalue weighted by Crippen LogP contribution is 2.33. The van der Waals surface area contributed by atoms with Crippen molar-refractivity contribution in [1.29, 1.82) is 0 Å². The number of aryl methyl sites for hydroxylation is 1. The first-order valence-electron chi connectivity index (χ1n) is 7.10. The number of rotatable bonds is 3. The molecule has 0 radical (unpaired) electrons. The molecule has 0 unspecified atom stereocenters. The van der Waals surface area contributed by atoms with E-state index in [1.165, 1.54) is 23.4 Å². The lowest BCUT2D eigenvalue weighted by Gasteiger charge is -2.14. The minimum atomic E-state index is -0.351. The van der Waals surface area contributed by atoms with E-state index >= 15 is 0 Å². The molecule has 1 fully saturated rings. The highest BCUT2D eigenvalue weighted by Gasteiger charge is 2.32. The quantitative estimate of drug-likeness (QED) is 0.603. The molecule has 0 bridgehead atoms. The zero-order valence-corrected chi connectivity index (χ0v) is 14.1. The SMILES string of the molecule is Cc1ccc(CN2C(=O)C(=Cc3ccccc3F)SC2=S)cc1. The summed E-state index contributed by atoms with van der Waals surface area (Å²) < 4.78 is 14.2. The van der Waals surface area contributed by atoms with E-state index in [4.69, 9.17) is 12.2 Å². The summed E-state index contributed by atoms with van der Waals surface area (Å²) in [6.45, 7) is 2.44. The number of hydrogen-bond donors (Lipinski definition) is 0. The van der Waals surface area contributed by atoms with Gasteiger partial charge in [0.15, 0.2) is 0 Å². The number of benzene rings is 2. The van der Waals surface area contributed by atoms with Gasteiger partial charge in [0.2, 0.25) is 0 Å². The van der Waals surface area contributed by atoms with Gasteiger partial charge >= 0.3 is 0 Å². The standard InChI is InChI=1S/C18H14FNOS2/c1-12-6-8-13(9-7-12)11-20-17(21)16(23-18(20)22)10-14-4-2-3-5-15(14)19/h2-10H,11H2,1H3. The van der Waals surface area contributed by atoms with Gasteiger partial charge in [-0.25, -0.2) is 4.39 Å². The highest BCUT2D eigenvalue weighted by atomic mass is 32.2. The molecule has 2 aromatic rings. The van der Waals surface area contributed by atoms with Crippen LogP contribution in [0.2, 0.25) is 0 Å². The molecule has 116 valence electrons. The van der Waals surface area contributed by atoms with Crippen molar-refractivity contribution in [3.05, 3.63) is 75.9 Å². The van der Waals surface area contributed by atoms with E-state index in [0.29, 0.717) is 21.3 Å². The Kier molecular flexibility index (Phi) is 4.59. The molecular weight excluding hydrogens is 329 g/mol. The summed E-state index contributed by atoms with van der Waals surface area (Å²) in [5.41, 5.74) is 2.57. The van der Waals surface area contributed by atoms with Crippen LogP contribution in [0.3, 0.4) is 0 Å². The van der Waals surface area contributed by atoms with E-state index in [1.54, 1.807) is 29.2 Å². The van der Waals surface area contributed by atoms with Gasteiger partial charge in [-0.1, -0.05) is 72.0 Å². The van der Waals surface area contributed by atoms with Gasteiger partial charge in [-0.05, 0) is 24.6 Å². The monoisotopic (exact) mass is 343 g/mol. The number of hydrogen-bond acceptors (Lipinski definition) is 3. The second-order valence-corrected chi connectivity index (χ2v) is 6.95. The van der Waals surface area contributed by atoms with Crippen molar-refractivity contribution in [2.45, 2.75) is 13.5 Å². The van der Waals surface area contributed by atoms with Crippen molar-refractivity contribution >= 4 is 40.3 Å². The third-order valence-corrected chi connectivity index (χ3v) is 4.90. The van der Waals surface area contributed by atoms with Gasteiger partial charge in [-0.2, -0.15) is 0 Å². The summed E-state index contributed by atoms with van der Waals surface area (Å²) in [5.74, 6) is -0.528. The van der Waals surface area contributed by atoms with Crippen molar-refractivity contribution < 1.29 is 9.18 Å². The average molecular weight is 343 g/mol. The van der Waals surface area contributed by atoms with Gasteiger partial charge in [0.25, 0.3) is 5.91 Å².